The Balaban J connectivity index is 1.93. The number of rotatable bonds is 2. The van der Waals surface area contributed by atoms with Gasteiger partial charge >= 0.3 is 5.97 Å². The van der Waals surface area contributed by atoms with Crippen molar-refractivity contribution in [3.05, 3.63) is 58.4 Å². The maximum atomic E-state index is 12.7. The van der Waals surface area contributed by atoms with E-state index in [9.17, 15) is 9.90 Å². The lowest BCUT2D eigenvalue weighted by Gasteiger charge is -2.21. The van der Waals surface area contributed by atoms with Crippen molar-refractivity contribution in [1.29, 1.82) is 0 Å². The molecule has 0 fully saturated rings. The van der Waals surface area contributed by atoms with Crippen LogP contribution in [-0.2, 0) is 10.3 Å². The molecule has 0 saturated heterocycles. The Labute approximate surface area is 141 Å². The Morgan fingerprint density at radius 2 is 1.92 bits per heavy atom. The fourth-order valence-electron chi connectivity index (χ4n) is 3.13. The first kappa shape index (κ1) is 16.5. The lowest BCUT2D eigenvalue weighted by Crippen LogP contribution is -2.24. The van der Waals surface area contributed by atoms with Gasteiger partial charge in [0.1, 0.15) is 17.4 Å². The largest absolute Gasteiger partial charge is 0.422 e. The van der Waals surface area contributed by atoms with Crippen LogP contribution < -0.4 is 0 Å². The van der Waals surface area contributed by atoms with E-state index in [2.05, 4.69) is 5.10 Å². The van der Waals surface area contributed by atoms with Crippen LogP contribution in [0.2, 0.25) is 0 Å². The number of fused-ring (bicyclic) bond motifs is 1. The Bertz CT molecular complexity index is 841. The smallest absolute Gasteiger partial charge is 0.347 e. The van der Waals surface area contributed by atoms with E-state index in [1.54, 1.807) is 13.0 Å². The van der Waals surface area contributed by atoms with Crippen LogP contribution in [0.5, 0.6) is 0 Å². The van der Waals surface area contributed by atoms with Crippen LogP contribution in [0.1, 0.15) is 59.7 Å². The van der Waals surface area contributed by atoms with Gasteiger partial charge in [0.15, 0.2) is 0 Å². The minimum Gasteiger partial charge on any atom is -0.422 e. The number of aromatic nitrogens is 2. The molecule has 24 heavy (non-hydrogen) atoms. The van der Waals surface area contributed by atoms with Crippen LogP contribution in [0.25, 0.3) is 5.76 Å². The topological polar surface area (TPSA) is 64.4 Å². The van der Waals surface area contributed by atoms with Crippen LogP contribution >= 0.6 is 0 Å². The van der Waals surface area contributed by atoms with Gasteiger partial charge in [-0.2, -0.15) is 5.10 Å². The van der Waals surface area contributed by atoms with Gasteiger partial charge < -0.3 is 9.84 Å². The maximum absolute atomic E-state index is 12.7. The second kappa shape index (κ2) is 5.60. The quantitative estimate of drug-likeness (QED) is 0.858. The van der Waals surface area contributed by atoms with E-state index in [-0.39, 0.29) is 5.54 Å². The second-order valence-electron chi connectivity index (χ2n) is 7.08. The fraction of sp³-hybridized carbons (Fsp3) is 0.368. The summed E-state index contributed by atoms with van der Waals surface area (Å²) in [6, 6.07) is 7.36. The number of carbonyl (C=O) groups excluding carboxylic acids is 1. The van der Waals surface area contributed by atoms with Crippen molar-refractivity contribution in [3.63, 3.8) is 0 Å². The van der Waals surface area contributed by atoms with E-state index in [4.69, 9.17) is 4.74 Å². The summed E-state index contributed by atoms with van der Waals surface area (Å²) < 4.78 is 7.43. The molecular formula is C19H22N2O3. The highest BCUT2D eigenvalue weighted by molar-refractivity contribution is 5.95. The molecule has 1 aromatic heterocycles. The fourth-order valence-corrected chi connectivity index (χ4v) is 3.13. The number of hydrogen-bond donors (Lipinski definition) is 1. The number of ether oxygens (including phenoxy) is 1. The molecule has 0 amide bonds. The van der Waals surface area contributed by atoms with Gasteiger partial charge in [-0.25, -0.2) is 4.79 Å². The first-order valence-corrected chi connectivity index (χ1v) is 7.98. The van der Waals surface area contributed by atoms with Crippen molar-refractivity contribution >= 4 is 11.7 Å². The number of esters is 1. The average molecular weight is 326 g/mol. The molecule has 1 unspecified atom stereocenters. The van der Waals surface area contributed by atoms with Gasteiger partial charge in [-0.15, -0.1) is 0 Å². The SMILES string of the molecule is Cc1nn(C(C)(C)C)c(C)c1C(=O)OC1=CC(O)c2ccccc21. The maximum Gasteiger partial charge on any atom is 0.347 e. The highest BCUT2D eigenvalue weighted by Crippen LogP contribution is 2.35. The first-order valence-electron chi connectivity index (χ1n) is 7.98. The van der Waals surface area contributed by atoms with E-state index >= 15 is 0 Å². The average Bonchev–Trinajstić information content (AvgIpc) is 2.97. The van der Waals surface area contributed by atoms with E-state index in [1.807, 2.05) is 56.6 Å². The van der Waals surface area contributed by atoms with Gasteiger partial charge in [0, 0.05) is 5.56 Å². The molecule has 0 radical (unpaired) electrons. The van der Waals surface area contributed by atoms with Crippen molar-refractivity contribution in [2.45, 2.75) is 46.3 Å². The molecule has 0 aliphatic heterocycles. The normalized spacial score (nSPS) is 16.8. The molecule has 5 heteroatoms. The van der Waals surface area contributed by atoms with Gasteiger partial charge in [-0.1, -0.05) is 24.3 Å². The van der Waals surface area contributed by atoms with E-state index in [1.165, 1.54) is 0 Å². The Hall–Kier alpha value is -2.40. The highest BCUT2D eigenvalue weighted by atomic mass is 16.5. The number of aliphatic hydroxyl groups is 1. The second-order valence-corrected chi connectivity index (χ2v) is 7.08. The third-order valence-electron chi connectivity index (χ3n) is 4.19. The number of benzene rings is 1. The number of aliphatic hydroxyl groups excluding tert-OH is 1. The van der Waals surface area contributed by atoms with Gasteiger partial charge in [0.25, 0.3) is 0 Å². The van der Waals surface area contributed by atoms with E-state index < -0.39 is 12.1 Å². The molecule has 0 saturated carbocycles. The molecular weight excluding hydrogens is 304 g/mol. The molecule has 0 spiro atoms. The summed E-state index contributed by atoms with van der Waals surface area (Å²) in [7, 11) is 0. The highest BCUT2D eigenvalue weighted by Gasteiger charge is 2.29. The molecule has 2 aromatic rings. The summed E-state index contributed by atoms with van der Waals surface area (Å²) in [5.41, 5.74) is 3.17. The molecule has 5 nitrogen and oxygen atoms in total. The summed E-state index contributed by atoms with van der Waals surface area (Å²) in [6.07, 6.45) is 0.810. The standard InChI is InChI=1S/C19H22N2O3/c1-11-17(12(2)21(20-11)19(3,4)5)18(23)24-16-10-15(22)13-8-6-7-9-14(13)16/h6-10,15,22H,1-5H3. The summed E-state index contributed by atoms with van der Waals surface area (Å²) in [4.78, 5) is 12.7. The van der Waals surface area contributed by atoms with E-state index in [0.29, 0.717) is 17.0 Å². The van der Waals surface area contributed by atoms with Gasteiger partial charge in [0.05, 0.1) is 16.9 Å². The number of hydrogen-bond acceptors (Lipinski definition) is 4. The van der Waals surface area contributed by atoms with Crippen LogP contribution in [0.3, 0.4) is 0 Å². The summed E-state index contributed by atoms with van der Waals surface area (Å²) in [5.74, 6) is -0.0546. The van der Waals surface area contributed by atoms with Gasteiger partial charge in [0.2, 0.25) is 0 Å². The van der Waals surface area contributed by atoms with Crippen LogP contribution in [0.4, 0.5) is 0 Å². The molecule has 126 valence electrons. The lowest BCUT2D eigenvalue weighted by molar-refractivity contribution is 0.0690. The minimum atomic E-state index is -0.747. The Morgan fingerprint density at radius 3 is 2.54 bits per heavy atom. The van der Waals surface area contributed by atoms with Crippen LogP contribution in [0, 0.1) is 13.8 Å². The van der Waals surface area contributed by atoms with Crippen molar-refractivity contribution in [3.8, 4) is 0 Å². The molecule has 1 heterocycles. The monoisotopic (exact) mass is 326 g/mol. The Morgan fingerprint density at radius 1 is 1.25 bits per heavy atom. The summed E-state index contributed by atoms with van der Waals surface area (Å²) in [5, 5.41) is 14.6. The van der Waals surface area contributed by atoms with Crippen molar-refractivity contribution in [1.82, 2.24) is 9.78 Å². The molecule has 1 atom stereocenters. The van der Waals surface area contributed by atoms with Crippen LogP contribution in [-0.4, -0.2) is 20.9 Å². The first-order chi connectivity index (χ1) is 11.2. The predicted molar refractivity (Wildman–Crippen MR) is 91.5 cm³/mol. The number of nitrogens with zero attached hydrogens (tertiary/aromatic N) is 2. The summed E-state index contributed by atoms with van der Waals surface area (Å²) >= 11 is 0. The molecule has 1 N–H and O–H groups in total. The minimum absolute atomic E-state index is 0.219. The molecule has 1 aliphatic carbocycles. The van der Waals surface area contributed by atoms with E-state index in [0.717, 1.165) is 16.8 Å². The zero-order valence-corrected chi connectivity index (χ0v) is 14.6. The molecule has 0 bridgehead atoms. The molecule has 3 rings (SSSR count). The van der Waals surface area contributed by atoms with Crippen molar-refractivity contribution in [2.75, 3.05) is 0 Å². The Kier molecular flexibility index (Phi) is 3.84. The zero-order valence-electron chi connectivity index (χ0n) is 14.6. The zero-order chi connectivity index (χ0) is 17.6. The van der Waals surface area contributed by atoms with Crippen molar-refractivity contribution < 1.29 is 14.6 Å². The van der Waals surface area contributed by atoms with Gasteiger partial charge in [-0.3, -0.25) is 4.68 Å². The predicted octanol–water partition coefficient (Wildman–Crippen LogP) is 3.50. The van der Waals surface area contributed by atoms with Crippen LogP contribution in [0.15, 0.2) is 30.3 Å². The molecule has 1 aromatic carbocycles. The lowest BCUT2D eigenvalue weighted by atomic mass is 10.1. The summed E-state index contributed by atoms with van der Waals surface area (Å²) in [6.45, 7) is 9.78. The third-order valence-corrected chi connectivity index (χ3v) is 4.19. The van der Waals surface area contributed by atoms with Gasteiger partial charge in [-0.05, 0) is 46.3 Å². The molecule has 1 aliphatic rings. The third kappa shape index (κ3) is 2.65. The number of carbonyl (C=O) groups is 1. The van der Waals surface area contributed by atoms with Crippen molar-refractivity contribution in [2.24, 2.45) is 0 Å². The number of aryl methyl sites for hydroxylation is 1.